The molecule has 104 valence electrons. The fourth-order valence-electron chi connectivity index (χ4n) is 2.24. The molecule has 3 nitrogen and oxygen atoms in total. The van der Waals surface area contributed by atoms with Crippen molar-refractivity contribution in [2.45, 2.75) is 12.5 Å². The van der Waals surface area contributed by atoms with Crippen LogP contribution in [0, 0.1) is 11.6 Å². The molecule has 0 fully saturated rings. The van der Waals surface area contributed by atoms with E-state index in [1.807, 2.05) is 0 Å². The van der Waals surface area contributed by atoms with Gasteiger partial charge in [0.05, 0.1) is 5.69 Å². The second-order valence-corrected chi connectivity index (χ2v) is 4.67. The van der Waals surface area contributed by atoms with E-state index in [0.29, 0.717) is 12.2 Å². The predicted octanol–water partition coefficient (Wildman–Crippen LogP) is 2.93. The van der Waals surface area contributed by atoms with Crippen LogP contribution < -0.4 is 15.2 Å². The maximum absolute atomic E-state index is 13.5. The van der Waals surface area contributed by atoms with E-state index < -0.39 is 5.82 Å². The molecule has 1 atom stereocenters. The van der Waals surface area contributed by atoms with Crippen molar-refractivity contribution in [3.63, 3.8) is 0 Å². The SMILES string of the molecule is Nc1cccc(F)c1OCC1Cc2cc(F)ccc2O1. The average molecular weight is 277 g/mol. The minimum atomic E-state index is -0.508. The van der Waals surface area contributed by atoms with Gasteiger partial charge < -0.3 is 15.2 Å². The molecule has 0 bridgehead atoms. The molecule has 0 spiro atoms. The first-order chi connectivity index (χ1) is 9.63. The second kappa shape index (κ2) is 5.00. The van der Waals surface area contributed by atoms with Gasteiger partial charge in [-0.1, -0.05) is 6.07 Å². The van der Waals surface area contributed by atoms with Crippen molar-refractivity contribution in [1.82, 2.24) is 0 Å². The summed E-state index contributed by atoms with van der Waals surface area (Å²) in [5, 5.41) is 0. The van der Waals surface area contributed by atoms with Gasteiger partial charge in [-0.25, -0.2) is 8.78 Å². The van der Waals surface area contributed by atoms with Gasteiger partial charge >= 0.3 is 0 Å². The Morgan fingerprint density at radius 3 is 2.90 bits per heavy atom. The van der Waals surface area contributed by atoms with E-state index in [4.69, 9.17) is 15.2 Å². The average Bonchev–Trinajstić information content (AvgIpc) is 2.80. The highest BCUT2D eigenvalue weighted by Crippen LogP contribution is 2.30. The number of nitrogen functional groups attached to an aromatic ring is 1. The number of benzene rings is 2. The fourth-order valence-corrected chi connectivity index (χ4v) is 2.24. The van der Waals surface area contributed by atoms with E-state index in [-0.39, 0.29) is 30.0 Å². The highest BCUT2D eigenvalue weighted by molar-refractivity contribution is 5.52. The molecule has 0 radical (unpaired) electrons. The number of fused-ring (bicyclic) bond motifs is 1. The van der Waals surface area contributed by atoms with Gasteiger partial charge in [0.1, 0.15) is 24.3 Å². The van der Waals surface area contributed by atoms with Gasteiger partial charge in [-0.05, 0) is 30.3 Å². The van der Waals surface area contributed by atoms with Gasteiger partial charge in [0, 0.05) is 12.0 Å². The molecule has 1 aliphatic rings. The number of hydrogen-bond acceptors (Lipinski definition) is 3. The van der Waals surface area contributed by atoms with Gasteiger partial charge in [0.25, 0.3) is 0 Å². The lowest BCUT2D eigenvalue weighted by Crippen LogP contribution is -2.23. The number of nitrogens with two attached hydrogens (primary N) is 1. The number of hydrogen-bond donors (Lipinski definition) is 1. The van der Waals surface area contributed by atoms with Gasteiger partial charge in [0.2, 0.25) is 0 Å². The van der Waals surface area contributed by atoms with Crippen LogP contribution in [-0.4, -0.2) is 12.7 Å². The van der Waals surface area contributed by atoms with E-state index in [0.717, 1.165) is 5.56 Å². The standard InChI is InChI=1S/C15H13F2NO2/c16-10-4-5-14-9(6-10)7-11(20-14)8-19-15-12(17)2-1-3-13(15)18/h1-6,11H,7-8,18H2. The molecule has 5 heteroatoms. The van der Waals surface area contributed by atoms with E-state index >= 15 is 0 Å². The number of anilines is 1. The van der Waals surface area contributed by atoms with E-state index in [2.05, 4.69) is 0 Å². The first-order valence-corrected chi connectivity index (χ1v) is 6.25. The molecule has 3 rings (SSSR count). The molecule has 2 aromatic rings. The number of ether oxygens (including phenoxy) is 2. The quantitative estimate of drug-likeness (QED) is 0.877. The van der Waals surface area contributed by atoms with E-state index in [1.165, 1.54) is 24.3 Å². The van der Waals surface area contributed by atoms with Crippen LogP contribution in [0.1, 0.15) is 5.56 Å². The van der Waals surface area contributed by atoms with Crippen molar-refractivity contribution >= 4 is 5.69 Å². The van der Waals surface area contributed by atoms with Crippen LogP contribution >= 0.6 is 0 Å². The van der Waals surface area contributed by atoms with Crippen LogP contribution in [0.25, 0.3) is 0 Å². The summed E-state index contributed by atoms with van der Waals surface area (Å²) in [4.78, 5) is 0. The van der Waals surface area contributed by atoms with Crippen molar-refractivity contribution in [3.05, 3.63) is 53.6 Å². The molecule has 0 saturated heterocycles. The van der Waals surface area contributed by atoms with Crippen LogP contribution in [0.5, 0.6) is 11.5 Å². The number of halogens is 2. The molecule has 0 aromatic heterocycles. The lowest BCUT2D eigenvalue weighted by molar-refractivity contribution is 0.146. The Kier molecular flexibility index (Phi) is 3.18. The topological polar surface area (TPSA) is 44.5 Å². The molecule has 2 N–H and O–H groups in total. The van der Waals surface area contributed by atoms with Crippen molar-refractivity contribution in [1.29, 1.82) is 0 Å². The molecular formula is C15H13F2NO2. The highest BCUT2D eigenvalue weighted by atomic mass is 19.1. The minimum absolute atomic E-state index is 0.0261. The van der Waals surface area contributed by atoms with Crippen molar-refractivity contribution in [2.75, 3.05) is 12.3 Å². The van der Waals surface area contributed by atoms with E-state index in [1.54, 1.807) is 12.1 Å². The Bertz CT molecular complexity index is 626. The summed E-state index contributed by atoms with van der Waals surface area (Å²) in [5.74, 6) is -0.140. The van der Waals surface area contributed by atoms with Crippen LogP contribution in [0.4, 0.5) is 14.5 Å². The van der Waals surface area contributed by atoms with Gasteiger partial charge in [0.15, 0.2) is 11.6 Å². The van der Waals surface area contributed by atoms with Crippen LogP contribution in [-0.2, 0) is 6.42 Å². The smallest absolute Gasteiger partial charge is 0.177 e. The number of rotatable bonds is 3. The molecule has 0 aliphatic carbocycles. The van der Waals surface area contributed by atoms with Crippen LogP contribution in [0.15, 0.2) is 36.4 Å². The maximum atomic E-state index is 13.5. The summed E-state index contributed by atoms with van der Waals surface area (Å²) in [6.07, 6.45) is 0.257. The third-order valence-electron chi connectivity index (χ3n) is 3.17. The maximum Gasteiger partial charge on any atom is 0.177 e. The molecule has 0 saturated carbocycles. The molecular weight excluding hydrogens is 264 g/mol. The first kappa shape index (κ1) is 12.7. The van der Waals surface area contributed by atoms with Gasteiger partial charge in [-0.3, -0.25) is 0 Å². The zero-order valence-electron chi connectivity index (χ0n) is 10.6. The van der Waals surface area contributed by atoms with Crippen molar-refractivity contribution < 1.29 is 18.3 Å². The molecule has 0 amide bonds. The first-order valence-electron chi connectivity index (χ1n) is 6.25. The normalized spacial score (nSPS) is 16.6. The van der Waals surface area contributed by atoms with E-state index in [9.17, 15) is 8.78 Å². The van der Waals surface area contributed by atoms with Crippen molar-refractivity contribution in [3.8, 4) is 11.5 Å². The summed E-state index contributed by atoms with van der Waals surface area (Å²) in [6.45, 7) is 0.154. The Hall–Kier alpha value is -2.30. The molecule has 2 aromatic carbocycles. The second-order valence-electron chi connectivity index (χ2n) is 4.67. The minimum Gasteiger partial charge on any atom is -0.486 e. The van der Waals surface area contributed by atoms with Crippen molar-refractivity contribution in [2.24, 2.45) is 0 Å². The molecule has 1 unspecified atom stereocenters. The zero-order valence-corrected chi connectivity index (χ0v) is 10.6. The third-order valence-corrected chi connectivity index (χ3v) is 3.17. The third kappa shape index (κ3) is 2.39. The van der Waals surface area contributed by atoms with Crippen LogP contribution in [0.2, 0.25) is 0 Å². The zero-order chi connectivity index (χ0) is 14.1. The highest BCUT2D eigenvalue weighted by Gasteiger charge is 2.24. The summed E-state index contributed by atoms with van der Waals surface area (Å²) >= 11 is 0. The molecule has 20 heavy (non-hydrogen) atoms. The Morgan fingerprint density at radius 1 is 1.25 bits per heavy atom. The lowest BCUT2D eigenvalue weighted by atomic mass is 10.1. The molecule has 1 heterocycles. The number of para-hydroxylation sites is 1. The Morgan fingerprint density at radius 2 is 2.10 bits per heavy atom. The van der Waals surface area contributed by atoms with Gasteiger partial charge in [-0.2, -0.15) is 0 Å². The van der Waals surface area contributed by atoms with Crippen LogP contribution in [0.3, 0.4) is 0 Å². The predicted molar refractivity (Wildman–Crippen MR) is 70.8 cm³/mol. The Balaban J connectivity index is 1.67. The lowest BCUT2D eigenvalue weighted by Gasteiger charge is -2.14. The summed E-state index contributed by atoms with van der Waals surface area (Å²) in [5.41, 5.74) is 6.69. The summed E-state index contributed by atoms with van der Waals surface area (Å²) in [6, 6.07) is 8.73. The monoisotopic (exact) mass is 277 g/mol. The summed E-state index contributed by atoms with van der Waals surface area (Å²) in [7, 11) is 0. The molecule has 1 aliphatic heterocycles. The Labute approximate surface area is 114 Å². The fraction of sp³-hybridized carbons (Fsp3) is 0.200. The van der Waals surface area contributed by atoms with Gasteiger partial charge in [-0.15, -0.1) is 0 Å². The summed E-state index contributed by atoms with van der Waals surface area (Å²) < 4.78 is 37.6. The largest absolute Gasteiger partial charge is 0.486 e.